The summed E-state index contributed by atoms with van der Waals surface area (Å²) in [7, 11) is -3.18. The summed E-state index contributed by atoms with van der Waals surface area (Å²) in [5, 5.41) is 0. The van der Waals surface area contributed by atoms with Gasteiger partial charge in [-0.05, 0) is 81.5 Å². The van der Waals surface area contributed by atoms with Crippen LogP contribution in [-0.2, 0) is 20.0 Å². The van der Waals surface area contributed by atoms with Crippen LogP contribution in [0.4, 0.5) is 5.69 Å². The lowest BCUT2D eigenvalue weighted by Gasteiger charge is -2.39. The van der Waals surface area contributed by atoms with Crippen molar-refractivity contribution in [3.05, 3.63) is 60.2 Å². The monoisotopic (exact) mass is 482 g/mol. The maximum atomic E-state index is 13.3. The van der Waals surface area contributed by atoms with Crippen LogP contribution in [-0.4, -0.2) is 51.7 Å². The molecule has 0 unspecified atom stereocenters. The molecule has 0 aromatic heterocycles. The normalized spacial score (nSPS) is 18.8. The highest BCUT2D eigenvalue weighted by molar-refractivity contribution is 7.90. The summed E-state index contributed by atoms with van der Waals surface area (Å²) in [6.07, 6.45) is 6.97. The predicted octanol–water partition coefficient (Wildman–Crippen LogP) is 4.91. The van der Waals surface area contributed by atoms with Gasteiger partial charge < -0.3 is 9.80 Å². The molecule has 2 fully saturated rings. The Balaban J connectivity index is 1.25. The van der Waals surface area contributed by atoms with Crippen molar-refractivity contribution >= 4 is 21.4 Å². The summed E-state index contributed by atoms with van der Waals surface area (Å²) in [4.78, 5) is 18.0. The molecule has 5 nitrogen and oxygen atoms in total. The largest absolute Gasteiger partial charge is 0.371 e. The third kappa shape index (κ3) is 5.65. The standard InChI is InChI=1S/C28H38N2O3S/c1-28(2,24-8-5-4-6-9-24)27(31)30-18-14-23(15-19-30)20-22-12-16-29(17-13-22)25-10-7-11-26(21-25)34(3,32)33/h4-11,21-23H,12-20H2,1-3H3. The molecule has 0 spiro atoms. The second-order valence-corrected chi connectivity index (χ2v) is 12.7. The number of benzene rings is 2. The molecule has 2 aliphatic heterocycles. The number of hydrogen-bond donors (Lipinski definition) is 0. The first-order valence-electron chi connectivity index (χ1n) is 12.5. The van der Waals surface area contributed by atoms with E-state index in [9.17, 15) is 13.2 Å². The maximum absolute atomic E-state index is 13.3. The fourth-order valence-corrected chi connectivity index (χ4v) is 6.22. The quantitative estimate of drug-likeness (QED) is 0.587. The van der Waals surface area contributed by atoms with Gasteiger partial charge in [0.2, 0.25) is 5.91 Å². The number of piperidine rings is 2. The topological polar surface area (TPSA) is 57.7 Å². The average molecular weight is 483 g/mol. The van der Waals surface area contributed by atoms with E-state index in [0.717, 1.165) is 63.1 Å². The molecule has 2 aromatic rings. The number of anilines is 1. The van der Waals surface area contributed by atoms with Crippen molar-refractivity contribution < 1.29 is 13.2 Å². The van der Waals surface area contributed by atoms with Gasteiger partial charge in [-0.3, -0.25) is 4.79 Å². The van der Waals surface area contributed by atoms with Gasteiger partial charge in [-0.25, -0.2) is 8.42 Å². The summed E-state index contributed by atoms with van der Waals surface area (Å²) < 4.78 is 23.8. The van der Waals surface area contributed by atoms with Crippen LogP contribution in [0, 0.1) is 11.8 Å². The Morgan fingerprint density at radius 1 is 0.882 bits per heavy atom. The van der Waals surface area contributed by atoms with E-state index in [2.05, 4.69) is 21.9 Å². The number of carbonyl (C=O) groups is 1. The van der Waals surface area contributed by atoms with Crippen LogP contribution in [0.15, 0.2) is 59.5 Å². The molecule has 2 aromatic carbocycles. The molecule has 0 aliphatic carbocycles. The molecule has 6 heteroatoms. The van der Waals surface area contributed by atoms with Crippen molar-refractivity contribution in [1.82, 2.24) is 4.90 Å². The lowest BCUT2D eigenvalue weighted by Crippen LogP contribution is -2.47. The van der Waals surface area contributed by atoms with E-state index in [4.69, 9.17) is 0 Å². The summed E-state index contributed by atoms with van der Waals surface area (Å²) in [5.74, 6) is 1.64. The molecule has 0 saturated carbocycles. The highest BCUT2D eigenvalue weighted by Gasteiger charge is 2.35. The molecule has 2 saturated heterocycles. The molecule has 0 N–H and O–H groups in total. The molecule has 0 atom stereocenters. The van der Waals surface area contributed by atoms with Gasteiger partial charge in [-0.15, -0.1) is 0 Å². The third-order valence-electron chi connectivity index (χ3n) is 7.82. The van der Waals surface area contributed by atoms with Crippen molar-refractivity contribution in [3.63, 3.8) is 0 Å². The lowest BCUT2D eigenvalue weighted by atomic mass is 9.80. The number of nitrogens with zero attached hydrogens (tertiary/aromatic N) is 2. The van der Waals surface area contributed by atoms with E-state index in [0.29, 0.717) is 16.7 Å². The van der Waals surface area contributed by atoms with E-state index in [1.54, 1.807) is 12.1 Å². The Labute approximate surface area is 205 Å². The van der Waals surface area contributed by atoms with Gasteiger partial charge in [0, 0.05) is 38.1 Å². The van der Waals surface area contributed by atoms with Crippen molar-refractivity contribution in [2.75, 3.05) is 37.3 Å². The predicted molar refractivity (Wildman–Crippen MR) is 138 cm³/mol. The molecular formula is C28H38N2O3S. The van der Waals surface area contributed by atoms with Gasteiger partial charge in [0.25, 0.3) is 0 Å². The van der Waals surface area contributed by atoms with Gasteiger partial charge in [0.05, 0.1) is 10.3 Å². The van der Waals surface area contributed by atoms with Crippen molar-refractivity contribution in [3.8, 4) is 0 Å². The lowest BCUT2D eigenvalue weighted by molar-refractivity contribution is -0.137. The number of hydrogen-bond acceptors (Lipinski definition) is 4. The Bertz CT molecular complexity index is 1080. The Morgan fingerprint density at radius 2 is 1.47 bits per heavy atom. The van der Waals surface area contributed by atoms with Gasteiger partial charge in [-0.2, -0.15) is 0 Å². The number of sulfone groups is 1. The fourth-order valence-electron chi connectivity index (χ4n) is 5.55. The third-order valence-corrected chi connectivity index (χ3v) is 8.93. The summed E-state index contributed by atoms with van der Waals surface area (Å²) in [6, 6.07) is 17.4. The number of carbonyl (C=O) groups excluding carboxylic acids is 1. The second-order valence-electron chi connectivity index (χ2n) is 10.7. The Hall–Kier alpha value is -2.34. The van der Waals surface area contributed by atoms with Crippen LogP contribution in [0.2, 0.25) is 0 Å². The minimum absolute atomic E-state index is 0.238. The molecule has 2 heterocycles. The summed E-state index contributed by atoms with van der Waals surface area (Å²) >= 11 is 0. The first-order chi connectivity index (χ1) is 16.1. The summed E-state index contributed by atoms with van der Waals surface area (Å²) in [6.45, 7) is 7.74. The van der Waals surface area contributed by atoms with E-state index in [-0.39, 0.29) is 5.91 Å². The smallest absolute Gasteiger partial charge is 0.232 e. The second kappa shape index (κ2) is 10.1. The van der Waals surface area contributed by atoms with Crippen molar-refractivity contribution in [1.29, 1.82) is 0 Å². The maximum Gasteiger partial charge on any atom is 0.232 e. The van der Waals surface area contributed by atoms with Crippen LogP contribution >= 0.6 is 0 Å². The molecule has 4 rings (SSSR count). The highest BCUT2D eigenvalue weighted by atomic mass is 32.2. The zero-order chi connectivity index (χ0) is 24.3. The minimum atomic E-state index is -3.18. The summed E-state index contributed by atoms with van der Waals surface area (Å²) in [5.41, 5.74) is 1.60. The van der Waals surface area contributed by atoms with E-state index < -0.39 is 15.3 Å². The Kier molecular flexibility index (Phi) is 7.36. The average Bonchev–Trinajstić information content (AvgIpc) is 2.85. The molecule has 0 bridgehead atoms. The van der Waals surface area contributed by atoms with Crippen LogP contribution in [0.3, 0.4) is 0 Å². The van der Waals surface area contributed by atoms with Crippen LogP contribution in [0.5, 0.6) is 0 Å². The fraction of sp³-hybridized carbons (Fsp3) is 0.536. The van der Waals surface area contributed by atoms with E-state index >= 15 is 0 Å². The zero-order valence-electron chi connectivity index (χ0n) is 20.7. The molecule has 0 radical (unpaired) electrons. The van der Waals surface area contributed by atoms with Crippen molar-refractivity contribution in [2.24, 2.45) is 11.8 Å². The highest BCUT2D eigenvalue weighted by Crippen LogP contribution is 2.33. The molecule has 34 heavy (non-hydrogen) atoms. The van der Waals surface area contributed by atoms with Gasteiger partial charge in [0.1, 0.15) is 0 Å². The van der Waals surface area contributed by atoms with E-state index in [1.165, 1.54) is 12.7 Å². The van der Waals surface area contributed by atoms with Gasteiger partial charge in [0.15, 0.2) is 9.84 Å². The number of rotatable bonds is 6. The SMILES string of the molecule is CC(C)(C(=O)N1CCC(CC2CCN(c3cccc(S(C)(=O)=O)c3)CC2)CC1)c1ccccc1. The minimum Gasteiger partial charge on any atom is -0.371 e. The Morgan fingerprint density at radius 3 is 2.06 bits per heavy atom. The first-order valence-corrected chi connectivity index (χ1v) is 14.4. The van der Waals surface area contributed by atoms with Gasteiger partial charge in [-0.1, -0.05) is 36.4 Å². The molecule has 184 valence electrons. The number of likely N-dealkylation sites (tertiary alicyclic amines) is 1. The van der Waals surface area contributed by atoms with Crippen LogP contribution < -0.4 is 4.90 Å². The van der Waals surface area contributed by atoms with Crippen molar-refractivity contribution in [2.45, 2.75) is 56.3 Å². The molecule has 2 aliphatic rings. The van der Waals surface area contributed by atoms with E-state index in [1.807, 2.05) is 44.2 Å². The van der Waals surface area contributed by atoms with Crippen LogP contribution in [0.25, 0.3) is 0 Å². The zero-order valence-corrected chi connectivity index (χ0v) is 21.6. The number of amides is 1. The first kappa shape index (κ1) is 24.8. The molecular weight excluding hydrogens is 444 g/mol. The van der Waals surface area contributed by atoms with Crippen LogP contribution in [0.1, 0.15) is 51.5 Å². The van der Waals surface area contributed by atoms with Gasteiger partial charge >= 0.3 is 0 Å². The molecule has 1 amide bonds.